The van der Waals surface area contributed by atoms with Gasteiger partial charge in [-0.25, -0.2) is 0 Å². The minimum absolute atomic E-state index is 0.599. The zero-order valence-electron chi connectivity index (χ0n) is 10.4. The Bertz CT molecular complexity index is 531. The van der Waals surface area contributed by atoms with E-state index >= 15 is 0 Å². The van der Waals surface area contributed by atoms with Gasteiger partial charge in [0, 0.05) is 31.7 Å². The normalized spacial score (nSPS) is 15.9. The summed E-state index contributed by atoms with van der Waals surface area (Å²) in [6.45, 7) is 5.79. The second-order valence-corrected chi connectivity index (χ2v) is 4.44. The van der Waals surface area contributed by atoms with Crippen LogP contribution in [-0.2, 0) is 0 Å². The lowest BCUT2D eigenvalue weighted by Gasteiger charge is -2.24. The van der Waals surface area contributed by atoms with E-state index in [1.54, 1.807) is 0 Å². The first-order chi connectivity index (χ1) is 8.84. The summed E-state index contributed by atoms with van der Waals surface area (Å²) in [5, 5.41) is 11.6. The maximum atomic E-state index is 5.77. The minimum Gasteiger partial charge on any atom is -0.403 e. The van der Waals surface area contributed by atoms with E-state index in [2.05, 4.69) is 20.4 Å². The number of nitrogens with zero attached hydrogens (tertiary/aromatic N) is 3. The number of piperazine rings is 1. The maximum Gasteiger partial charge on any atom is 0.318 e. The number of aromatic nitrogens is 2. The molecular weight excluding hydrogens is 228 g/mol. The first-order valence-corrected chi connectivity index (χ1v) is 6.20. The van der Waals surface area contributed by atoms with Crippen LogP contribution < -0.4 is 10.2 Å². The Balaban J connectivity index is 1.87. The van der Waals surface area contributed by atoms with Crippen molar-refractivity contribution in [2.45, 2.75) is 6.92 Å². The predicted octanol–water partition coefficient (Wildman–Crippen LogP) is 1.45. The van der Waals surface area contributed by atoms with Crippen LogP contribution in [0.15, 0.2) is 28.7 Å². The van der Waals surface area contributed by atoms with Gasteiger partial charge in [-0.05, 0) is 18.6 Å². The second kappa shape index (κ2) is 4.78. The fourth-order valence-corrected chi connectivity index (χ4v) is 2.12. The van der Waals surface area contributed by atoms with Gasteiger partial charge in [-0.2, -0.15) is 0 Å². The lowest BCUT2D eigenvalue weighted by Crippen LogP contribution is -2.43. The van der Waals surface area contributed by atoms with Crippen molar-refractivity contribution < 1.29 is 4.42 Å². The van der Waals surface area contributed by atoms with Gasteiger partial charge in [0.1, 0.15) is 0 Å². The van der Waals surface area contributed by atoms with Gasteiger partial charge < -0.3 is 14.6 Å². The zero-order chi connectivity index (χ0) is 12.4. The first kappa shape index (κ1) is 11.2. The van der Waals surface area contributed by atoms with Gasteiger partial charge in [-0.15, -0.1) is 5.10 Å². The van der Waals surface area contributed by atoms with Crippen molar-refractivity contribution >= 4 is 6.01 Å². The highest BCUT2D eigenvalue weighted by molar-refractivity contribution is 5.58. The van der Waals surface area contributed by atoms with E-state index in [0.29, 0.717) is 11.9 Å². The summed E-state index contributed by atoms with van der Waals surface area (Å²) in [6.07, 6.45) is 0. The molecule has 3 rings (SSSR count). The lowest BCUT2D eigenvalue weighted by atomic mass is 10.1. The fourth-order valence-electron chi connectivity index (χ4n) is 2.12. The molecule has 0 aliphatic carbocycles. The molecule has 94 valence electrons. The highest BCUT2D eigenvalue weighted by Crippen LogP contribution is 2.24. The van der Waals surface area contributed by atoms with Gasteiger partial charge >= 0.3 is 6.01 Å². The fraction of sp³-hybridized carbons (Fsp3) is 0.385. The number of anilines is 1. The minimum atomic E-state index is 0.599. The quantitative estimate of drug-likeness (QED) is 0.866. The monoisotopic (exact) mass is 244 g/mol. The van der Waals surface area contributed by atoms with E-state index in [0.717, 1.165) is 37.3 Å². The smallest absolute Gasteiger partial charge is 0.318 e. The average molecular weight is 244 g/mol. The predicted molar refractivity (Wildman–Crippen MR) is 69.6 cm³/mol. The molecule has 1 aromatic carbocycles. The summed E-state index contributed by atoms with van der Waals surface area (Å²) in [4.78, 5) is 2.12. The summed E-state index contributed by atoms with van der Waals surface area (Å²) in [5.74, 6) is 0.599. The number of aryl methyl sites for hydroxylation is 1. The van der Waals surface area contributed by atoms with Crippen LogP contribution in [0.2, 0.25) is 0 Å². The molecule has 0 atom stereocenters. The van der Waals surface area contributed by atoms with Crippen molar-refractivity contribution in [2.75, 3.05) is 31.1 Å². The van der Waals surface area contributed by atoms with Crippen LogP contribution in [0.5, 0.6) is 0 Å². The van der Waals surface area contributed by atoms with Crippen molar-refractivity contribution in [1.82, 2.24) is 15.5 Å². The van der Waals surface area contributed by atoms with Crippen LogP contribution in [0.25, 0.3) is 11.5 Å². The Morgan fingerprint density at radius 1 is 1.17 bits per heavy atom. The van der Waals surface area contributed by atoms with Crippen molar-refractivity contribution in [3.63, 3.8) is 0 Å². The summed E-state index contributed by atoms with van der Waals surface area (Å²) >= 11 is 0. The molecule has 18 heavy (non-hydrogen) atoms. The molecule has 2 heterocycles. The van der Waals surface area contributed by atoms with Gasteiger partial charge in [-0.3, -0.25) is 0 Å². The summed E-state index contributed by atoms with van der Waals surface area (Å²) < 4.78 is 5.77. The standard InChI is InChI=1S/C13H16N4O/c1-10-4-2-3-5-11(10)12-15-16-13(18-12)17-8-6-14-7-9-17/h2-5,14H,6-9H2,1H3. The molecule has 0 spiro atoms. The van der Waals surface area contributed by atoms with Crippen molar-refractivity contribution in [2.24, 2.45) is 0 Å². The average Bonchev–Trinajstić information content (AvgIpc) is 2.90. The first-order valence-electron chi connectivity index (χ1n) is 6.20. The topological polar surface area (TPSA) is 54.2 Å². The van der Waals surface area contributed by atoms with E-state index in [1.165, 1.54) is 0 Å². The van der Waals surface area contributed by atoms with Gasteiger partial charge in [0.2, 0.25) is 5.89 Å². The van der Waals surface area contributed by atoms with E-state index in [-0.39, 0.29) is 0 Å². The SMILES string of the molecule is Cc1ccccc1-c1nnc(N2CCNCC2)o1. The second-order valence-electron chi connectivity index (χ2n) is 4.44. The molecular formula is C13H16N4O. The Morgan fingerprint density at radius 2 is 1.94 bits per heavy atom. The van der Waals surface area contributed by atoms with Gasteiger partial charge in [-0.1, -0.05) is 23.3 Å². The van der Waals surface area contributed by atoms with Crippen LogP contribution in [0, 0.1) is 6.92 Å². The number of rotatable bonds is 2. The molecule has 0 bridgehead atoms. The van der Waals surface area contributed by atoms with Crippen LogP contribution >= 0.6 is 0 Å². The third kappa shape index (κ3) is 2.09. The summed E-state index contributed by atoms with van der Waals surface area (Å²) in [7, 11) is 0. The molecule has 1 aromatic heterocycles. The van der Waals surface area contributed by atoms with E-state index < -0.39 is 0 Å². The van der Waals surface area contributed by atoms with Crippen molar-refractivity contribution in [3.8, 4) is 11.5 Å². The molecule has 5 nitrogen and oxygen atoms in total. The maximum absolute atomic E-state index is 5.77. The molecule has 0 unspecified atom stereocenters. The molecule has 1 aliphatic rings. The molecule has 1 aliphatic heterocycles. The Kier molecular flexibility index (Phi) is 2.98. The largest absolute Gasteiger partial charge is 0.403 e. The number of hydrogen-bond donors (Lipinski definition) is 1. The van der Waals surface area contributed by atoms with Crippen LogP contribution in [0.3, 0.4) is 0 Å². The third-order valence-electron chi connectivity index (χ3n) is 3.18. The summed E-state index contributed by atoms with van der Waals surface area (Å²) in [6, 6.07) is 8.66. The zero-order valence-corrected chi connectivity index (χ0v) is 10.4. The van der Waals surface area contributed by atoms with Crippen LogP contribution in [0.4, 0.5) is 6.01 Å². The third-order valence-corrected chi connectivity index (χ3v) is 3.18. The van der Waals surface area contributed by atoms with Crippen molar-refractivity contribution in [3.05, 3.63) is 29.8 Å². The van der Waals surface area contributed by atoms with Crippen LogP contribution in [0.1, 0.15) is 5.56 Å². The molecule has 1 fully saturated rings. The molecule has 1 saturated heterocycles. The van der Waals surface area contributed by atoms with E-state index in [1.807, 2.05) is 31.2 Å². The van der Waals surface area contributed by atoms with Crippen molar-refractivity contribution in [1.29, 1.82) is 0 Å². The molecule has 0 radical (unpaired) electrons. The number of nitrogens with one attached hydrogen (secondary N) is 1. The number of benzene rings is 1. The highest BCUT2D eigenvalue weighted by atomic mass is 16.4. The molecule has 0 amide bonds. The van der Waals surface area contributed by atoms with Gasteiger partial charge in [0.15, 0.2) is 0 Å². The number of hydrogen-bond acceptors (Lipinski definition) is 5. The molecule has 1 N–H and O–H groups in total. The Morgan fingerprint density at radius 3 is 2.72 bits per heavy atom. The van der Waals surface area contributed by atoms with E-state index in [9.17, 15) is 0 Å². The molecule has 5 heteroatoms. The summed E-state index contributed by atoms with van der Waals surface area (Å²) in [5.41, 5.74) is 2.15. The molecule has 0 saturated carbocycles. The van der Waals surface area contributed by atoms with Gasteiger partial charge in [0.05, 0.1) is 0 Å². The van der Waals surface area contributed by atoms with E-state index in [4.69, 9.17) is 4.42 Å². The molecule has 2 aromatic rings. The Labute approximate surface area is 106 Å². The Hall–Kier alpha value is -1.88. The van der Waals surface area contributed by atoms with Gasteiger partial charge in [0.25, 0.3) is 0 Å². The highest BCUT2D eigenvalue weighted by Gasteiger charge is 2.17. The van der Waals surface area contributed by atoms with Crippen LogP contribution in [-0.4, -0.2) is 36.4 Å². The lowest BCUT2D eigenvalue weighted by molar-refractivity contribution is 0.505.